The van der Waals surface area contributed by atoms with Crippen molar-refractivity contribution >= 4 is 45.7 Å². The average Bonchev–Trinajstić information content (AvgIpc) is 3.34. The Kier molecular flexibility index (Phi) is 6.12. The van der Waals surface area contributed by atoms with Gasteiger partial charge in [0.05, 0.1) is 11.4 Å². The van der Waals surface area contributed by atoms with E-state index in [9.17, 15) is 9.18 Å². The molecular formula is C20H14ClFN4O2S2. The van der Waals surface area contributed by atoms with E-state index in [0.717, 1.165) is 27.8 Å². The van der Waals surface area contributed by atoms with Crippen molar-refractivity contribution in [2.75, 3.05) is 11.1 Å². The van der Waals surface area contributed by atoms with Crippen LogP contribution in [0.5, 0.6) is 0 Å². The van der Waals surface area contributed by atoms with Gasteiger partial charge in [0.1, 0.15) is 5.82 Å². The fourth-order valence-corrected chi connectivity index (χ4v) is 4.13. The minimum absolute atomic E-state index is 0.0900. The summed E-state index contributed by atoms with van der Waals surface area (Å²) in [6.07, 6.45) is 0. The molecule has 0 saturated carbocycles. The first-order valence-corrected chi connectivity index (χ1v) is 10.9. The van der Waals surface area contributed by atoms with Gasteiger partial charge < -0.3 is 9.73 Å². The molecule has 4 rings (SSSR count). The molecule has 0 fully saturated rings. The number of benzene rings is 2. The molecule has 0 radical (unpaired) electrons. The van der Waals surface area contributed by atoms with Crippen molar-refractivity contribution in [3.05, 3.63) is 64.2 Å². The third-order valence-corrected chi connectivity index (χ3v) is 5.94. The van der Waals surface area contributed by atoms with Crippen LogP contribution in [0.25, 0.3) is 22.7 Å². The smallest absolute Gasteiger partial charge is 0.277 e. The summed E-state index contributed by atoms with van der Waals surface area (Å²) in [4.78, 5) is 17.7. The Morgan fingerprint density at radius 3 is 2.57 bits per heavy atom. The SMILES string of the molecule is Cc1sc(NC(=O)CSc2nnc(-c3ccc(Cl)cc3)o2)nc1-c1ccc(F)cc1. The largest absolute Gasteiger partial charge is 0.411 e. The number of thiazole rings is 1. The second-order valence-corrected chi connectivity index (χ2v) is 8.71. The van der Waals surface area contributed by atoms with Gasteiger partial charge in [-0.2, -0.15) is 0 Å². The van der Waals surface area contributed by atoms with Crippen LogP contribution in [0.3, 0.4) is 0 Å². The van der Waals surface area contributed by atoms with E-state index in [4.69, 9.17) is 16.0 Å². The normalized spacial score (nSPS) is 10.9. The lowest BCUT2D eigenvalue weighted by Crippen LogP contribution is -2.13. The molecule has 30 heavy (non-hydrogen) atoms. The van der Waals surface area contributed by atoms with Gasteiger partial charge in [0.2, 0.25) is 11.8 Å². The molecule has 10 heteroatoms. The van der Waals surface area contributed by atoms with Gasteiger partial charge in [0.15, 0.2) is 5.13 Å². The summed E-state index contributed by atoms with van der Waals surface area (Å²) in [5.41, 5.74) is 2.25. The van der Waals surface area contributed by atoms with Gasteiger partial charge in [-0.3, -0.25) is 4.79 Å². The molecule has 1 N–H and O–H groups in total. The molecule has 0 bridgehead atoms. The summed E-state index contributed by atoms with van der Waals surface area (Å²) in [5, 5.41) is 12.1. The third-order valence-electron chi connectivity index (χ3n) is 3.98. The van der Waals surface area contributed by atoms with E-state index in [1.165, 1.54) is 23.5 Å². The number of carbonyl (C=O) groups excluding carboxylic acids is 1. The van der Waals surface area contributed by atoms with Crippen LogP contribution in [0.2, 0.25) is 5.02 Å². The van der Waals surface area contributed by atoms with Gasteiger partial charge in [-0.25, -0.2) is 9.37 Å². The summed E-state index contributed by atoms with van der Waals surface area (Å²) < 4.78 is 18.7. The van der Waals surface area contributed by atoms with Crippen molar-refractivity contribution in [3.8, 4) is 22.7 Å². The van der Waals surface area contributed by atoms with E-state index < -0.39 is 0 Å². The maximum atomic E-state index is 13.1. The lowest BCUT2D eigenvalue weighted by Gasteiger charge is -2.00. The number of hydrogen-bond donors (Lipinski definition) is 1. The van der Waals surface area contributed by atoms with Crippen LogP contribution < -0.4 is 5.32 Å². The van der Waals surface area contributed by atoms with E-state index in [1.54, 1.807) is 36.4 Å². The molecule has 0 spiro atoms. The van der Waals surface area contributed by atoms with E-state index in [-0.39, 0.29) is 22.7 Å². The van der Waals surface area contributed by atoms with Crippen LogP contribution in [0.1, 0.15) is 4.88 Å². The van der Waals surface area contributed by atoms with Gasteiger partial charge in [-0.05, 0) is 55.5 Å². The van der Waals surface area contributed by atoms with Crippen LogP contribution in [0.4, 0.5) is 9.52 Å². The van der Waals surface area contributed by atoms with Gasteiger partial charge in [0, 0.05) is 21.0 Å². The standard InChI is InChI=1S/C20H14ClFN4O2S2/c1-11-17(12-4-8-15(22)9-5-12)24-19(30-11)23-16(27)10-29-20-26-25-18(28-20)13-2-6-14(21)7-3-13/h2-9H,10H2,1H3,(H,23,24,27). The summed E-state index contributed by atoms with van der Waals surface area (Å²) in [7, 11) is 0. The molecule has 4 aromatic rings. The summed E-state index contributed by atoms with van der Waals surface area (Å²) in [5.74, 6) is -0.107. The molecule has 2 aromatic carbocycles. The topological polar surface area (TPSA) is 80.9 Å². The van der Waals surface area contributed by atoms with E-state index in [1.807, 2.05) is 6.92 Å². The predicted molar refractivity (Wildman–Crippen MR) is 116 cm³/mol. The van der Waals surface area contributed by atoms with E-state index in [0.29, 0.717) is 21.7 Å². The van der Waals surface area contributed by atoms with Gasteiger partial charge in [-0.1, -0.05) is 23.4 Å². The number of hydrogen-bond acceptors (Lipinski definition) is 7. The first kappa shape index (κ1) is 20.5. The highest BCUT2D eigenvalue weighted by molar-refractivity contribution is 7.99. The van der Waals surface area contributed by atoms with Crippen molar-refractivity contribution in [2.24, 2.45) is 0 Å². The summed E-state index contributed by atoms with van der Waals surface area (Å²) >= 11 is 8.36. The number of rotatable bonds is 6. The zero-order chi connectivity index (χ0) is 21.1. The molecule has 2 aromatic heterocycles. The molecule has 1 amide bonds. The third kappa shape index (κ3) is 4.86. The van der Waals surface area contributed by atoms with Gasteiger partial charge in [0.25, 0.3) is 5.22 Å². The van der Waals surface area contributed by atoms with Crippen LogP contribution in [0, 0.1) is 12.7 Å². The number of nitrogens with one attached hydrogen (secondary N) is 1. The number of amides is 1. The first-order valence-electron chi connectivity index (χ1n) is 8.73. The number of nitrogens with zero attached hydrogens (tertiary/aromatic N) is 3. The fourth-order valence-electron chi connectivity index (χ4n) is 2.59. The number of aryl methyl sites for hydroxylation is 1. The number of halogens is 2. The minimum Gasteiger partial charge on any atom is -0.411 e. The molecule has 2 heterocycles. The maximum Gasteiger partial charge on any atom is 0.277 e. The zero-order valence-corrected chi connectivity index (χ0v) is 17.9. The molecule has 0 aliphatic rings. The Labute approximate surface area is 184 Å². The van der Waals surface area contributed by atoms with Crippen LogP contribution in [-0.2, 0) is 4.79 Å². The average molecular weight is 461 g/mol. The molecule has 6 nitrogen and oxygen atoms in total. The lowest BCUT2D eigenvalue weighted by atomic mass is 10.1. The molecule has 0 aliphatic carbocycles. The molecule has 0 unspecified atom stereocenters. The van der Waals surface area contributed by atoms with Crippen molar-refractivity contribution < 1.29 is 13.6 Å². The number of carbonyl (C=O) groups is 1. The van der Waals surface area contributed by atoms with Gasteiger partial charge in [-0.15, -0.1) is 21.5 Å². The van der Waals surface area contributed by atoms with Crippen LogP contribution in [0.15, 0.2) is 58.2 Å². The number of aromatic nitrogens is 3. The molecule has 0 saturated heterocycles. The molecule has 0 aliphatic heterocycles. The van der Waals surface area contributed by atoms with Crippen LogP contribution in [-0.4, -0.2) is 26.8 Å². The van der Waals surface area contributed by atoms with Crippen molar-refractivity contribution in [3.63, 3.8) is 0 Å². The molecule has 0 atom stereocenters. The van der Waals surface area contributed by atoms with E-state index >= 15 is 0 Å². The second kappa shape index (κ2) is 8.95. The first-order chi connectivity index (χ1) is 14.5. The fraction of sp³-hybridized carbons (Fsp3) is 0.100. The monoisotopic (exact) mass is 460 g/mol. The quantitative estimate of drug-likeness (QED) is 0.372. The van der Waals surface area contributed by atoms with Crippen LogP contribution >= 0.6 is 34.7 Å². The Hall–Kier alpha value is -2.75. The Morgan fingerprint density at radius 2 is 1.83 bits per heavy atom. The van der Waals surface area contributed by atoms with Crippen molar-refractivity contribution in [2.45, 2.75) is 12.1 Å². The molecule has 152 valence electrons. The molecular weight excluding hydrogens is 447 g/mol. The predicted octanol–water partition coefficient (Wildman–Crippen LogP) is 5.69. The number of thioether (sulfide) groups is 1. The highest BCUT2D eigenvalue weighted by atomic mass is 35.5. The maximum absolute atomic E-state index is 13.1. The lowest BCUT2D eigenvalue weighted by molar-refractivity contribution is -0.113. The number of anilines is 1. The van der Waals surface area contributed by atoms with Crippen molar-refractivity contribution in [1.82, 2.24) is 15.2 Å². The van der Waals surface area contributed by atoms with Gasteiger partial charge >= 0.3 is 0 Å². The Bertz CT molecular complexity index is 1180. The second-order valence-electron chi connectivity index (χ2n) is 6.15. The Balaban J connectivity index is 1.36. The highest BCUT2D eigenvalue weighted by Crippen LogP contribution is 2.31. The zero-order valence-electron chi connectivity index (χ0n) is 15.6. The summed E-state index contributed by atoms with van der Waals surface area (Å²) in [6, 6.07) is 13.1. The highest BCUT2D eigenvalue weighted by Gasteiger charge is 2.14. The minimum atomic E-state index is -0.308. The van der Waals surface area contributed by atoms with Crippen molar-refractivity contribution in [1.29, 1.82) is 0 Å². The van der Waals surface area contributed by atoms with E-state index in [2.05, 4.69) is 20.5 Å². The Morgan fingerprint density at radius 1 is 1.13 bits per heavy atom. The summed E-state index contributed by atoms with van der Waals surface area (Å²) in [6.45, 7) is 1.90.